The number of hydrogen-bond donors (Lipinski definition) is 0. The lowest BCUT2D eigenvalue weighted by Gasteiger charge is -2.11. The van der Waals surface area contributed by atoms with E-state index in [9.17, 15) is 0 Å². The first-order valence-electron chi connectivity index (χ1n) is 27.6. The van der Waals surface area contributed by atoms with Crippen molar-refractivity contribution in [1.29, 1.82) is 0 Å². The molecule has 4 aromatic heterocycles. The standard InChI is InChI=1S/2C16H20N.2C15H18N/c1-12(2)14-10-7-11-17(4)16(14)15-9-6-5-8-13(15)3;1-12(2)14-9-10-17(4)16(11-14)15-8-6-5-7-13(15)3;1-4-13-9-7-11-16(3)15(13)14-10-6-5-8-12(14)2;1-4-13-9-10-16(3)15(11-13)14-8-6-5-7-12(14)2/h2*5-12H,1-4H3;2*5-11H,4H2,1-3H3/q4*+1/i2*1D3,12D;4D2;. The topological polar surface area (TPSA) is 15.5 Å². The second kappa shape index (κ2) is 24.1. The van der Waals surface area contributed by atoms with Crippen molar-refractivity contribution in [3.05, 3.63) is 215 Å². The fraction of sp³-hybridized carbons (Fsp3) is 0.290. The largest absolute Gasteiger partial charge is 0.215 e. The van der Waals surface area contributed by atoms with Crippen LogP contribution in [0.5, 0.6) is 0 Å². The number of nitrogens with zero attached hydrogens (tertiary/aromatic N) is 4. The first-order valence-corrected chi connectivity index (χ1v) is 22.6. The molecule has 2 atom stereocenters. The van der Waals surface area contributed by atoms with Gasteiger partial charge < -0.3 is 0 Å². The molecule has 0 bridgehead atoms. The molecule has 0 radical (unpaired) electrons. The number of hydrogen-bond acceptors (Lipinski definition) is 0. The van der Waals surface area contributed by atoms with Gasteiger partial charge in [0.05, 0.1) is 0 Å². The normalized spacial score (nSPS) is 15.3. The molecule has 0 saturated heterocycles. The summed E-state index contributed by atoms with van der Waals surface area (Å²) in [7, 11) is 7.85. The predicted molar refractivity (Wildman–Crippen MR) is 278 cm³/mol. The van der Waals surface area contributed by atoms with Gasteiger partial charge in [0.1, 0.15) is 28.2 Å². The first kappa shape index (κ1) is 37.7. The predicted octanol–water partition coefficient (Wildman–Crippen LogP) is 13.3. The van der Waals surface area contributed by atoms with Crippen LogP contribution >= 0.6 is 0 Å². The van der Waals surface area contributed by atoms with Crippen molar-refractivity contribution in [2.45, 2.75) is 93.7 Å². The van der Waals surface area contributed by atoms with E-state index in [4.69, 9.17) is 13.7 Å². The molecule has 0 aliphatic carbocycles. The molecule has 0 fully saturated rings. The third kappa shape index (κ3) is 12.8. The Kier molecular flexibility index (Phi) is 13.8. The lowest BCUT2D eigenvalue weighted by Crippen LogP contribution is -2.32. The van der Waals surface area contributed by atoms with Gasteiger partial charge in [0.2, 0.25) is 22.8 Å². The molecule has 66 heavy (non-hydrogen) atoms. The van der Waals surface area contributed by atoms with E-state index < -0.39 is 31.9 Å². The second-order valence-corrected chi connectivity index (χ2v) is 16.8. The third-order valence-electron chi connectivity index (χ3n) is 11.9. The highest BCUT2D eigenvalue weighted by Crippen LogP contribution is 2.29. The summed E-state index contributed by atoms with van der Waals surface area (Å²) >= 11 is 0. The summed E-state index contributed by atoms with van der Waals surface area (Å²) in [6.45, 7) is 10.2. The zero-order chi connectivity index (χ0) is 56.6. The molecule has 0 N–H and O–H groups in total. The average molecular weight is 887 g/mol. The molecule has 4 nitrogen and oxygen atoms in total. The van der Waals surface area contributed by atoms with E-state index in [1.807, 2.05) is 152 Å². The van der Waals surface area contributed by atoms with Crippen molar-refractivity contribution in [3.63, 3.8) is 0 Å². The smallest absolute Gasteiger partial charge is 0.201 e. The van der Waals surface area contributed by atoms with Gasteiger partial charge in [-0.25, -0.2) is 18.3 Å². The molecular formula is C62H76N4+4. The van der Waals surface area contributed by atoms with Crippen molar-refractivity contribution in [2.24, 2.45) is 28.2 Å². The first-order chi connectivity index (χ1) is 35.4. The summed E-state index contributed by atoms with van der Waals surface area (Å²) in [5.41, 5.74) is 16.1. The fourth-order valence-corrected chi connectivity index (χ4v) is 7.97. The van der Waals surface area contributed by atoms with Crippen LogP contribution in [0.1, 0.15) is 111 Å². The molecule has 8 aromatic rings. The van der Waals surface area contributed by atoms with E-state index in [1.54, 1.807) is 25.1 Å². The monoisotopic (exact) mass is 887 g/mol. The van der Waals surface area contributed by atoms with E-state index >= 15 is 0 Å². The minimum atomic E-state index is -2.39. The molecule has 0 saturated carbocycles. The third-order valence-corrected chi connectivity index (χ3v) is 11.9. The summed E-state index contributed by atoms with van der Waals surface area (Å²) in [6.07, 6.45) is 7.52. The molecule has 4 heteroatoms. The average Bonchev–Trinajstić information content (AvgIpc) is 3.35. The van der Waals surface area contributed by atoms with Crippen LogP contribution in [0.15, 0.2) is 170 Å². The van der Waals surface area contributed by atoms with Gasteiger partial charge in [-0.05, 0) is 122 Å². The van der Waals surface area contributed by atoms with E-state index in [0.717, 1.165) is 62.4 Å². The van der Waals surface area contributed by atoms with Gasteiger partial charge in [0, 0.05) is 83.5 Å². The Labute approximate surface area is 412 Å². The zero-order valence-corrected chi connectivity index (χ0v) is 41.2. The summed E-state index contributed by atoms with van der Waals surface area (Å²) in [6, 6.07) is 47.7. The zero-order valence-electron chi connectivity index (χ0n) is 51.2. The van der Waals surface area contributed by atoms with Crippen molar-refractivity contribution >= 4 is 0 Å². The molecule has 0 aliphatic heterocycles. The van der Waals surface area contributed by atoms with Crippen LogP contribution < -0.4 is 18.3 Å². The highest BCUT2D eigenvalue weighted by Gasteiger charge is 2.20. The molecule has 0 aliphatic rings. The molecule has 0 spiro atoms. The molecule has 340 valence electrons. The minimum Gasteiger partial charge on any atom is -0.201 e. The van der Waals surface area contributed by atoms with Crippen molar-refractivity contribution in [1.82, 2.24) is 0 Å². The lowest BCUT2D eigenvalue weighted by atomic mass is 9.94. The van der Waals surface area contributed by atoms with Gasteiger partial charge in [0.15, 0.2) is 24.8 Å². The van der Waals surface area contributed by atoms with Crippen LogP contribution in [-0.4, -0.2) is 0 Å². The SMILES string of the molecule is CCc1cc[n+](C)c(-c2ccccc2C)c1.[2H]C([2H])(C)c1ccc[n+](C)c1-c1ccccc1C.[2H]C([2H])([2H])C([2H])(C)c1cc[n+](C)c(-c2ccccc2C)c1.[2H]C([2H])([2H])C([2H])(C)c1ccc[n+](C)c1-c1ccccc1C. The Morgan fingerprint density at radius 1 is 0.470 bits per heavy atom. The highest BCUT2D eigenvalue weighted by molar-refractivity contribution is 5.66. The number of rotatable bonds is 8. The maximum atomic E-state index is 8.40. The number of aromatic nitrogens is 4. The number of aryl methyl sites for hydroxylation is 10. The Morgan fingerprint density at radius 2 is 0.909 bits per heavy atom. The molecular weight excluding hydrogens is 801 g/mol. The minimum absolute atomic E-state index is 0.499. The van der Waals surface area contributed by atoms with Gasteiger partial charge in [-0.1, -0.05) is 114 Å². The molecule has 8 rings (SSSR count). The van der Waals surface area contributed by atoms with Crippen molar-refractivity contribution in [2.75, 3.05) is 0 Å². The highest BCUT2D eigenvalue weighted by atomic mass is 14.9. The second-order valence-electron chi connectivity index (χ2n) is 16.8. The maximum absolute atomic E-state index is 8.40. The summed E-state index contributed by atoms with van der Waals surface area (Å²) in [4.78, 5) is 0. The Bertz CT molecular complexity index is 3260. The molecule has 2 unspecified atom stereocenters. The summed E-state index contributed by atoms with van der Waals surface area (Å²) in [5, 5.41) is 0. The van der Waals surface area contributed by atoms with E-state index in [2.05, 4.69) is 81.0 Å². The molecule has 0 amide bonds. The van der Waals surface area contributed by atoms with Crippen LogP contribution in [0.2, 0.25) is 0 Å². The van der Waals surface area contributed by atoms with Gasteiger partial charge in [-0.15, -0.1) is 0 Å². The number of benzene rings is 4. The lowest BCUT2D eigenvalue weighted by molar-refractivity contribution is -0.660. The van der Waals surface area contributed by atoms with E-state index in [-0.39, 0.29) is 0 Å². The van der Waals surface area contributed by atoms with Gasteiger partial charge in [0.25, 0.3) is 0 Å². The van der Waals surface area contributed by atoms with Gasteiger partial charge in [-0.3, -0.25) is 0 Å². The number of pyridine rings is 4. The van der Waals surface area contributed by atoms with Crippen LogP contribution in [0, 0.1) is 27.7 Å². The fourth-order valence-electron chi connectivity index (χ4n) is 7.97. The van der Waals surface area contributed by atoms with Gasteiger partial charge >= 0.3 is 0 Å². The van der Waals surface area contributed by atoms with Gasteiger partial charge in [-0.2, -0.15) is 0 Å². The summed E-state index contributed by atoms with van der Waals surface area (Å²) in [5.74, 6) is -3.29. The van der Waals surface area contributed by atoms with Crippen LogP contribution in [0.4, 0.5) is 0 Å². The quantitative estimate of drug-likeness (QED) is 0.135. The van der Waals surface area contributed by atoms with Crippen LogP contribution in [0.25, 0.3) is 45.0 Å². The molecule has 4 aromatic carbocycles. The van der Waals surface area contributed by atoms with Crippen LogP contribution in [0.3, 0.4) is 0 Å². The summed E-state index contributed by atoms with van der Waals surface area (Å²) < 4.78 is 86.4. The molecule has 4 heterocycles. The van der Waals surface area contributed by atoms with Crippen molar-refractivity contribution in [3.8, 4) is 45.0 Å². The maximum Gasteiger partial charge on any atom is 0.215 e. The Morgan fingerprint density at radius 3 is 1.39 bits per heavy atom. The van der Waals surface area contributed by atoms with Crippen molar-refractivity contribution < 1.29 is 32.0 Å². The Hall–Kier alpha value is -6.52. The van der Waals surface area contributed by atoms with E-state index in [0.29, 0.717) is 11.1 Å². The van der Waals surface area contributed by atoms with E-state index in [1.165, 1.54) is 36.2 Å². The Balaban J connectivity index is 0.000000188. The van der Waals surface area contributed by atoms with Crippen LogP contribution in [-0.2, 0) is 41.0 Å².